The lowest BCUT2D eigenvalue weighted by Crippen LogP contribution is -2.12. The van der Waals surface area contributed by atoms with E-state index in [4.69, 9.17) is 16.3 Å². The van der Waals surface area contributed by atoms with E-state index < -0.39 is 5.97 Å². The molecule has 2 heterocycles. The van der Waals surface area contributed by atoms with Gasteiger partial charge in [-0.05, 0) is 47.9 Å². The minimum Gasteiger partial charge on any atom is -0.426 e. The van der Waals surface area contributed by atoms with E-state index in [0.717, 1.165) is 17.3 Å². The van der Waals surface area contributed by atoms with Crippen molar-refractivity contribution < 1.29 is 9.53 Å². The van der Waals surface area contributed by atoms with Crippen molar-refractivity contribution in [3.63, 3.8) is 0 Å². The highest BCUT2D eigenvalue weighted by molar-refractivity contribution is 7.99. The molecule has 0 aliphatic rings. The molecule has 1 N–H and O–H groups in total. The van der Waals surface area contributed by atoms with Gasteiger partial charge in [-0.3, -0.25) is 14.7 Å². The average molecular weight is 455 g/mol. The highest BCUT2D eigenvalue weighted by Crippen LogP contribution is 2.24. The summed E-state index contributed by atoms with van der Waals surface area (Å²) >= 11 is 7.11. The number of fused-ring (bicyclic) bond motifs is 1. The lowest BCUT2D eigenvalue weighted by atomic mass is 10.0. The molecule has 0 unspecified atom stereocenters. The number of rotatable bonds is 6. The summed E-state index contributed by atoms with van der Waals surface area (Å²) in [7, 11) is 0. The van der Waals surface area contributed by atoms with Gasteiger partial charge in [-0.25, -0.2) is 14.5 Å². The van der Waals surface area contributed by atoms with Crippen molar-refractivity contribution in [1.82, 2.24) is 19.6 Å². The molecular weight excluding hydrogens is 436 g/mol. The predicted octanol–water partition coefficient (Wildman–Crippen LogP) is 4.56. The summed E-state index contributed by atoms with van der Waals surface area (Å²) in [5.74, 6) is 0.906. The Morgan fingerprint density at radius 1 is 1.13 bits per heavy atom. The summed E-state index contributed by atoms with van der Waals surface area (Å²) in [5, 5.41) is 3.67. The van der Waals surface area contributed by atoms with Crippen molar-refractivity contribution in [2.45, 2.75) is 24.9 Å². The molecule has 31 heavy (non-hydrogen) atoms. The zero-order valence-electron chi connectivity index (χ0n) is 16.8. The van der Waals surface area contributed by atoms with Crippen LogP contribution < -0.4 is 10.3 Å². The topological polar surface area (TPSA) is 89.3 Å². The molecule has 0 aliphatic carbocycles. The smallest absolute Gasteiger partial charge is 0.321 e. The molecule has 0 radical (unpaired) electrons. The number of carbonyl (C=O) groups excluding carboxylic acids is 1. The number of H-pyrrole nitrogens is 1. The zero-order valence-corrected chi connectivity index (χ0v) is 18.4. The quantitative estimate of drug-likeness (QED) is 0.261. The normalized spacial score (nSPS) is 11.2. The van der Waals surface area contributed by atoms with E-state index in [2.05, 4.69) is 28.9 Å². The van der Waals surface area contributed by atoms with Crippen LogP contribution in [0.1, 0.15) is 25.3 Å². The maximum absolute atomic E-state index is 12.4. The molecule has 158 valence electrons. The number of ether oxygens (including phenoxy) is 1. The standard InChI is InChI=1S/C22H19ClN4O3S/c1-13(2)14-5-9-17(10-6-14)30-20(29)12-31-22-25-21(15-3-7-16(23)8-4-15)24-18-11-19(28)26-27(18)22/h3-11,13H,12H2,1-2H3,(H,26,28). The molecule has 9 heteroatoms. The van der Waals surface area contributed by atoms with Gasteiger partial charge in [0.05, 0.1) is 5.75 Å². The van der Waals surface area contributed by atoms with E-state index >= 15 is 0 Å². The van der Waals surface area contributed by atoms with E-state index in [1.807, 2.05) is 12.1 Å². The Bertz CT molecular complexity index is 1280. The van der Waals surface area contributed by atoms with Gasteiger partial charge in [-0.2, -0.15) is 0 Å². The van der Waals surface area contributed by atoms with Crippen LogP contribution in [0.15, 0.2) is 64.5 Å². The van der Waals surface area contributed by atoms with Crippen LogP contribution in [0.3, 0.4) is 0 Å². The summed E-state index contributed by atoms with van der Waals surface area (Å²) in [6.45, 7) is 4.20. The van der Waals surface area contributed by atoms with Gasteiger partial charge < -0.3 is 4.74 Å². The van der Waals surface area contributed by atoms with E-state index in [-0.39, 0.29) is 11.3 Å². The Morgan fingerprint density at radius 3 is 2.52 bits per heavy atom. The number of nitrogens with one attached hydrogen (secondary N) is 1. The van der Waals surface area contributed by atoms with Crippen LogP contribution in [0.4, 0.5) is 0 Å². The summed E-state index contributed by atoms with van der Waals surface area (Å²) in [6, 6.07) is 15.9. The fraction of sp³-hybridized carbons (Fsp3) is 0.182. The lowest BCUT2D eigenvalue weighted by Gasteiger charge is -2.09. The van der Waals surface area contributed by atoms with E-state index in [0.29, 0.717) is 33.3 Å². The molecule has 2 aromatic heterocycles. The number of benzene rings is 2. The Balaban J connectivity index is 1.53. The van der Waals surface area contributed by atoms with Crippen LogP contribution in [-0.4, -0.2) is 31.3 Å². The van der Waals surface area contributed by atoms with Crippen molar-refractivity contribution in [3.05, 3.63) is 75.5 Å². The lowest BCUT2D eigenvalue weighted by molar-refractivity contribution is -0.131. The Morgan fingerprint density at radius 2 is 1.84 bits per heavy atom. The molecule has 0 fully saturated rings. The number of carbonyl (C=O) groups is 1. The number of hydrogen-bond donors (Lipinski definition) is 1. The van der Waals surface area contributed by atoms with Crippen LogP contribution >= 0.6 is 23.4 Å². The van der Waals surface area contributed by atoms with Crippen molar-refractivity contribution in [1.29, 1.82) is 0 Å². The fourth-order valence-corrected chi connectivity index (χ4v) is 3.76. The van der Waals surface area contributed by atoms with Crippen LogP contribution in [0.25, 0.3) is 17.0 Å². The Labute approximate surface area is 187 Å². The monoisotopic (exact) mass is 454 g/mol. The highest BCUT2D eigenvalue weighted by Gasteiger charge is 2.14. The maximum atomic E-state index is 12.4. The number of thioether (sulfide) groups is 1. The Kier molecular flexibility index (Phi) is 6.11. The average Bonchev–Trinajstić information content (AvgIpc) is 3.13. The van der Waals surface area contributed by atoms with Crippen molar-refractivity contribution in [3.8, 4) is 17.1 Å². The third-order valence-corrected chi connectivity index (χ3v) is 5.69. The largest absolute Gasteiger partial charge is 0.426 e. The molecule has 0 spiro atoms. The number of esters is 1. The fourth-order valence-electron chi connectivity index (χ4n) is 2.91. The molecule has 2 aromatic carbocycles. The summed E-state index contributed by atoms with van der Waals surface area (Å²) < 4.78 is 6.87. The second kappa shape index (κ2) is 8.95. The second-order valence-corrected chi connectivity index (χ2v) is 8.52. The van der Waals surface area contributed by atoms with Crippen LogP contribution in [0, 0.1) is 0 Å². The first-order valence-corrected chi connectivity index (χ1v) is 10.9. The third kappa shape index (κ3) is 4.98. The van der Waals surface area contributed by atoms with Gasteiger partial charge in [-0.1, -0.05) is 49.3 Å². The summed E-state index contributed by atoms with van der Waals surface area (Å²) in [5.41, 5.74) is 2.02. The molecule has 4 rings (SSSR count). The molecule has 0 aliphatic heterocycles. The molecule has 0 saturated heterocycles. The number of aromatic amines is 1. The van der Waals surface area contributed by atoms with Gasteiger partial charge in [0, 0.05) is 16.7 Å². The Hall–Kier alpha value is -3.10. The molecule has 0 bridgehead atoms. The second-order valence-electron chi connectivity index (χ2n) is 7.14. The first-order valence-electron chi connectivity index (χ1n) is 9.58. The van der Waals surface area contributed by atoms with Crippen molar-refractivity contribution in [2.24, 2.45) is 0 Å². The van der Waals surface area contributed by atoms with Gasteiger partial charge in [0.1, 0.15) is 5.75 Å². The number of hydrogen-bond acceptors (Lipinski definition) is 6. The van der Waals surface area contributed by atoms with Gasteiger partial charge >= 0.3 is 5.97 Å². The van der Waals surface area contributed by atoms with E-state index in [1.54, 1.807) is 36.4 Å². The van der Waals surface area contributed by atoms with Crippen LogP contribution in [0.2, 0.25) is 5.02 Å². The number of nitrogens with zero attached hydrogens (tertiary/aromatic N) is 3. The molecular formula is C22H19ClN4O3S. The van der Waals surface area contributed by atoms with Gasteiger partial charge in [0.25, 0.3) is 5.56 Å². The minimum atomic E-state index is -0.420. The van der Waals surface area contributed by atoms with Gasteiger partial charge in [0.2, 0.25) is 0 Å². The molecule has 7 nitrogen and oxygen atoms in total. The molecule has 0 saturated carbocycles. The van der Waals surface area contributed by atoms with Crippen molar-refractivity contribution >= 4 is 35.0 Å². The van der Waals surface area contributed by atoms with Crippen LogP contribution in [0.5, 0.6) is 5.75 Å². The van der Waals surface area contributed by atoms with Crippen LogP contribution in [-0.2, 0) is 4.79 Å². The summed E-state index contributed by atoms with van der Waals surface area (Å²) in [6.07, 6.45) is 0. The van der Waals surface area contributed by atoms with E-state index in [9.17, 15) is 9.59 Å². The third-order valence-electron chi connectivity index (χ3n) is 4.52. The molecule has 4 aromatic rings. The van der Waals surface area contributed by atoms with Crippen molar-refractivity contribution in [2.75, 3.05) is 5.75 Å². The predicted molar refractivity (Wildman–Crippen MR) is 121 cm³/mol. The zero-order chi connectivity index (χ0) is 22.0. The summed E-state index contributed by atoms with van der Waals surface area (Å²) in [4.78, 5) is 33.1. The minimum absolute atomic E-state index is 0.0122. The maximum Gasteiger partial charge on any atom is 0.321 e. The first-order chi connectivity index (χ1) is 14.9. The van der Waals surface area contributed by atoms with Gasteiger partial charge in [-0.15, -0.1) is 0 Å². The SMILES string of the molecule is CC(C)c1ccc(OC(=O)CSc2nc(-c3ccc(Cl)cc3)nc3cc(=O)[nH]n23)cc1. The first kappa shape index (κ1) is 21.1. The molecule has 0 amide bonds. The highest BCUT2D eigenvalue weighted by atomic mass is 35.5. The van der Waals surface area contributed by atoms with E-state index in [1.165, 1.54) is 16.1 Å². The number of halogens is 1. The number of aromatic nitrogens is 4. The molecule has 0 atom stereocenters. The van der Waals surface area contributed by atoms with Gasteiger partial charge in [0.15, 0.2) is 16.6 Å².